The Balaban J connectivity index is 2.40. The topological polar surface area (TPSA) is 44.8 Å². The number of esters is 1. The van der Waals surface area contributed by atoms with Crippen molar-refractivity contribution in [2.45, 2.75) is 58.1 Å². The van der Waals surface area contributed by atoms with Gasteiger partial charge in [-0.1, -0.05) is 37.9 Å². The predicted octanol–water partition coefficient (Wildman–Crippen LogP) is 4.88. The predicted molar refractivity (Wildman–Crippen MR) is 102 cm³/mol. The van der Waals surface area contributed by atoms with Crippen LogP contribution in [0.3, 0.4) is 0 Å². The second kappa shape index (κ2) is 7.48. The van der Waals surface area contributed by atoms with Crippen LogP contribution in [0.25, 0.3) is 0 Å². The first-order valence-corrected chi connectivity index (χ1v) is 9.63. The van der Waals surface area contributed by atoms with E-state index in [1.165, 1.54) is 0 Å². The summed E-state index contributed by atoms with van der Waals surface area (Å²) < 4.78 is 19.4. The van der Waals surface area contributed by atoms with E-state index in [2.05, 4.69) is 31.9 Å². The molecule has 132 valence electrons. The van der Waals surface area contributed by atoms with Gasteiger partial charge in [-0.25, -0.2) is 0 Å². The molecule has 24 heavy (non-hydrogen) atoms. The Bertz CT molecular complexity index is 582. The lowest BCUT2D eigenvalue weighted by molar-refractivity contribution is -0.143. The van der Waals surface area contributed by atoms with Crippen LogP contribution in [-0.2, 0) is 18.8 Å². The Hall–Kier alpha value is -0.365. The Morgan fingerprint density at radius 2 is 1.67 bits per heavy atom. The number of carbonyl (C=O) groups excluding carboxylic acids is 1. The fourth-order valence-electron chi connectivity index (χ4n) is 2.65. The van der Waals surface area contributed by atoms with Crippen LogP contribution in [0, 0.1) is 0 Å². The molecule has 7 heteroatoms. The lowest BCUT2D eigenvalue weighted by Crippen LogP contribution is -2.41. The van der Waals surface area contributed by atoms with E-state index >= 15 is 0 Å². The summed E-state index contributed by atoms with van der Waals surface area (Å²) in [7, 11) is -0.533. The third-order valence-electron chi connectivity index (χ3n) is 4.66. The third kappa shape index (κ3) is 4.06. The SMILES string of the molecule is CCOC(=O)CC(B1OC(C)(C)C(C)(C)O1)c1c(Br)cccc1Br. The first-order valence-electron chi connectivity index (χ1n) is 8.04. The van der Waals surface area contributed by atoms with E-state index in [-0.39, 0.29) is 18.2 Å². The van der Waals surface area contributed by atoms with Crippen LogP contribution in [0.4, 0.5) is 0 Å². The molecule has 1 aromatic rings. The lowest BCUT2D eigenvalue weighted by atomic mass is 9.66. The molecule has 1 fully saturated rings. The zero-order valence-corrected chi connectivity index (χ0v) is 17.9. The van der Waals surface area contributed by atoms with Gasteiger partial charge in [0, 0.05) is 14.8 Å². The normalized spacial score (nSPS) is 20.0. The van der Waals surface area contributed by atoms with Crippen molar-refractivity contribution in [3.63, 3.8) is 0 Å². The third-order valence-corrected chi connectivity index (χ3v) is 6.05. The average Bonchev–Trinajstić information content (AvgIpc) is 2.66. The van der Waals surface area contributed by atoms with Crippen molar-refractivity contribution in [3.05, 3.63) is 32.7 Å². The average molecular weight is 462 g/mol. The second-order valence-electron chi connectivity index (χ2n) is 6.88. The summed E-state index contributed by atoms with van der Waals surface area (Å²) >= 11 is 7.18. The van der Waals surface area contributed by atoms with Crippen LogP contribution in [0.2, 0.25) is 0 Å². The van der Waals surface area contributed by atoms with Crippen molar-refractivity contribution >= 4 is 44.9 Å². The number of carbonyl (C=O) groups is 1. The van der Waals surface area contributed by atoms with Crippen molar-refractivity contribution in [1.29, 1.82) is 0 Å². The van der Waals surface area contributed by atoms with Crippen LogP contribution >= 0.6 is 31.9 Å². The molecular formula is C17H23BBr2O4. The van der Waals surface area contributed by atoms with E-state index in [1.807, 2.05) is 45.9 Å². The Labute approximate surface area is 161 Å². The molecule has 1 unspecified atom stereocenters. The summed E-state index contributed by atoms with van der Waals surface area (Å²) in [4.78, 5) is 12.2. The van der Waals surface area contributed by atoms with Crippen LogP contribution in [0.1, 0.15) is 52.4 Å². The first kappa shape index (κ1) is 20.0. The highest BCUT2D eigenvalue weighted by atomic mass is 79.9. The highest BCUT2D eigenvalue weighted by Gasteiger charge is 2.54. The minimum atomic E-state index is -0.533. The fraction of sp³-hybridized carbons (Fsp3) is 0.588. The molecule has 0 spiro atoms. The van der Waals surface area contributed by atoms with Gasteiger partial charge >= 0.3 is 13.1 Å². The van der Waals surface area contributed by atoms with Crippen LogP contribution < -0.4 is 0 Å². The van der Waals surface area contributed by atoms with Crippen molar-refractivity contribution in [1.82, 2.24) is 0 Å². The molecule has 1 atom stereocenters. The van der Waals surface area contributed by atoms with Gasteiger partial charge in [0.25, 0.3) is 0 Å². The van der Waals surface area contributed by atoms with E-state index in [9.17, 15) is 4.79 Å². The van der Waals surface area contributed by atoms with Gasteiger partial charge in [0.15, 0.2) is 0 Å². The molecule has 1 aliphatic heterocycles. The Morgan fingerprint density at radius 1 is 1.17 bits per heavy atom. The van der Waals surface area contributed by atoms with Crippen LogP contribution in [-0.4, -0.2) is 30.9 Å². The minimum absolute atomic E-state index is 0.186. The van der Waals surface area contributed by atoms with Crippen molar-refractivity contribution in [3.8, 4) is 0 Å². The number of hydrogen-bond donors (Lipinski definition) is 0. The molecule has 0 aliphatic carbocycles. The van der Waals surface area contributed by atoms with Gasteiger partial charge in [-0.3, -0.25) is 4.79 Å². The maximum Gasteiger partial charge on any atom is 0.466 e. The molecule has 0 aromatic heterocycles. The minimum Gasteiger partial charge on any atom is -0.466 e. The zero-order chi connectivity index (χ0) is 18.1. The number of halogens is 2. The first-order chi connectivity index (χ1) is 11.1. The van der Waals surface area contributed by atoms with Crippen molar-refractivity contribution in [2.75, 3.05) is 6.61 Å². The van der Waals surface area contributed by atoms with Crippen molar-refractivity contribution < 1.29 is 18.8 Å². The summed E-state index contributed by atoms with van der Waals surface area (Å²) in [6.07, 6.45) is 0.186. The molecule has 0 amide bonds. The van der Waals surface area contributed by atoms with Gasteiger partial charge < -0.3 is 14.0 Å². The van der Waals surface area contributed by atoms with Crippen LogP contribution in [0.5, 0.6) is 0 Å². The number of hydrogen-bond acceptors (Lipinski definition) is 4. The van der Waals surface area contributed by atoms with Gasteiger partial charge in [-0.2, -0.15) is 0 Å². The van der Waals surface area contributed by atoms with Gasteiger partial charge in [-0.15, -0.1) is 0 Å². The summed E-state index contributed by atoms with van der Waals surface area (Å²) in [5, 5.41) is 0. The molecule has 0 N–H and O–H groups in total. The van der Waals surface area contributed by atoms with E-state index in [0.29, 0.717) is 6.61 Å². The van der Waals surface area contributed by atoms with E-state index in [4.69, 9.17) is 14.0 Å². The highest BCUT2D eigenvalue weighted by molar-refractivity contribution is 9.11. The van der Waals surface area contributed by atoms with Crippen LogP contribution in [0.15, 0.2) is 27.1 Å². The fourth-order valence-corrected chi connectivity index (χ4v) is 4.24. The maximum atomic E-state index is 12.2. The molecule has 2 rings (SSSR count). The van der Waals surface area contributed by atoms with E-state index in [0.717, 1.165) is 14.5 Å². The molecule has 0 radical (unpaired) electrons. The summed E-state index contributed by atoms with van der Waals surface area (Å²) in [5.74, 6) is -0.546. The second-order valence-corrected chi connectivity index (χ2v) is 8.58. The Kier molecular flexibility index (Phi) is 6.22. The van der Waals surface area contributed by atoms with Crippen molar-refractivity contribution in [2.24, 2.45) is 0 Å². The molecule has 1 saturated heterocycles. The standard InChI is InChI=1S/C17H23BBr2O4/c1-6-22-14(21)10-11(15-12(19)8-7-9-13(15)20)18-23-16(2,3)17(4,5)24-18/h7-9,11H,6,10H2,1-5H3. The number of ether oxygens (including phenoxy) is 1. The zero-order valence-electron chi connectivity index (χ0n) is 14.7. The maximum absolute atomic E-state index is 12.2. The van der Waals surface area contributed by atoms with E-state index < -0.39 is 18.3 Å². The molecule has 0 bridgehead atoms. The summed E-state index contributed by atoms with van der Waals surface area (Å²) in [6, 6.07) is 5.83. The van der Waals surface area contributed by atoms with Gasteiger partial charge in [0.1, 0.15) is 0 Å². The summed E-state index contributed by atoms with van der Waals surface area (Å²) in [5.41, 5.74) is 0.0282. The van der Waals surface area contributed by atoms with E-state index in [1.54, 1.807) is 6.92 Å². The monoisotopic (exact) mass is 460 g/mol. The van der Waals surface area contributed by atoms with Gasteiger partial charge in [0.05, 0.1) is 24.2 Å². The number of rotatable bonds is 5. The van der Waals surface area contributed by atoms with Gasteiger partial charge in [-0.05, 0) is 52.3 Å². The smallest absolute Gasteiger partial charge is 0.466 e. The summed E-state index contributed by atoms with van der Waals surface area (Å²) in [6.45, 7) is 10.2. The molecule has 1 heterocycles. The Morgan fingerprint density at radius 3 is 2.12 bits per heavy atom. The molecule has 0 saturated carbocycles. The number of benzene rings is 1. The largest absolute Gasteiger partial charge is 0.466 e. The highest BCUT2D eigenvalue weighted by Crippen LogP contribution is 2.44. The quantitative estimate of drug-likeness (QED) is 0.463. The molecule has 1 aliphatic rings. The molecule has 4 nitrogen and oxygen atoms in total. The lowest BCUT2D eigenvalue weighted by Gasteiger charge is -2.32. The van der Waals surface area contributed by atoms with Gasteiger partial charge in [0.2, 0.25) is 0 Å². The molecular weight excluding hydrogens is 439 g/mol. The molecule has 1 aromatic carbocycles.